The second kappa shape index (κ2) is 3.68. The van der Waals surface area contributed by atoms with E-state index in [1.165, 1.54) is 0 Å². The molecule has 0 fully saturated rings. The highest BCUT2D eigenvalue weighted by molar-refractivity contribution is 5.95. The van der Waals surface area contributed by atoms with Gasteiger partial charge in [-0.1, -0.05) is 0 Å². The van der Waals surface area contributed by atoms with E-state index < -0.39 is 0 Å². The van der Waals surface area contributed by atoms with E-state index >= 15 is 0 Å². The summed E-state index contributed by atoms with van der Waals surface area (Å²) in [5.41, 5.74) is 1.80. The molecule has 0 amide bonds. The maximum absolute atomic E-state index is 11.6. The van der Waals surface area contributed by atoms with Crippen molar-refractivity contribution in [2.45, 2.75) is 13.8 Å². The first-order chi connectivity index (χ1) is 7.22. The summed E-state index contributed by atoms with van der Waals surface area (Å²) in [6.07, 6.45) is 3.32. The van der Waals surface area contributed by atoms with E-state index in [0.29, 0.717) is 17.8 Å². The Labute approximate surface area is 86.7 Å². The fraction of sp³-hybridized carbons (Fsp3) is 0.300. The molecular formula is C10H11N3O2. The molecular weight excluding hydrogens is 194 g/mol. The largest absolute Gasteiger partial charge is 0.462 e. The van der Waals surface area contributed by atoms with Crippen molar-refractivity contribution in [3.8, 4) is 0 Å². The van der Waals surface area contributed by atoms with Gasteiger partial charge in [-0.25, -0.2) is 14.3 Å². The molecule has 5 nitrogen and oxygen atoms in total. The summed E-state index contributed by atoms with van der Waals surface area (Å²) < 4.78 is 6.50. The number of aryl methyl sites for hydroxylation is 1. The lowest BCUT2D eigenvalue weighted by atomic mass is 10.3. The minimum absolute atomic E-state index is 0.354. The lowest BCUT2D eigenvalue weighted by Gasteiger charge is -2.01. The van der Waals surface area contributed by atoms with Crippen LogP contribution >= 0.6 is 0 Å². The SMILES string of the molecule is CCOC(=O)c1ccnn2cc(C)nc12. The molecule has 78 valence electrons. The molecule has 0 aliphatic carbocycles. The quantitative estimate of drug-likeness (QED) is 0.691. The molecule has 0 bridgehead atoms. The van der Waals surface area contributed by atoms with Gasteiger partial charge in [0.25, 0.3) is 0 Å². The lowest BCUT2D eigenvalue weighted by molar-refractivity contribution is 0.0527. The van der Waals surface area contributed by atoms with Crippen LogP contribution in [0.1, 0.15) is 23.0 Å². The third-order valence-electron chi connectivity index (χ3n) is 1.98. The van der Waals surface area contributed by atoms with E-state index in [4.69, 9.17) is 4.74 Å². The van der Waals surface area contributed by atoms with Crippen molar-refractivity contribution in [1.29, 1.82) is 0 Å². The monoisotopic (exact) mass is 205 g/mol. The van der Waals surface area contributed by atoms with Crippen LogP contribution in [-0.2, 0) is 4.74 Å². The van der Waals surface area contributed by atoms with Crippen molar-refractivity contribution >= 4 is 11.6 Å². The maximum atomic E-state index is 11.6. The van der Waals surface area contributed by atoms with Crippen LogP contribution in [0.3, 0.4) is 0 Å². The average molecular weight is 205 g/mol. The summed E-state index contributed by atoms with van der Waals surface area (Å²) in [5.74, 6) is -0.365. The first-order valence-electron chi connectivity index (χ1n) is 4.70. The molecule has 2 heterocycles. The van der Waals surface area contributed by atoms with Crippen LogP contribution in [0.15, 0.2) is 18.5 Å². The number of carbonyl (C=O) groups excluding carboxylic acids is 1. The first-order valence-corrected chi connectivity index (χ1v) is 4.70. The van der Waals surface area contributed by atoms with Gasteiger partial charge in [-0.05, 0) is 19.9 Å². The summed E-state index contributed by atoms with van der Waals surface area (Å²) in [5, 5.41) is 4.05. The standard InChI is InChI=1S/C10H11N3O2/c1-3-15-10(14)8-4-5-11-13-6-7(2)12-9(8)13/h4-6H,3H2,1-2H3. The number of aromatic nitrogens is 3. The Morgan fingerprint density at radius 1 is 1.60 bits per heavy atom. The van der Waals surface area contributed by atoms with Crippen LogP contribution in [-0.4, -0.2) is 27.2 Å². The van der Waals surface area contributed by atoms with Gasteiger partial charge in [0.1, 0.15) is 5.56 Å². The van der Waals surface area contributed by atoms with Gasteiger partial charge in [0.2, 0.25) is 0 Å². The van der Waals surface area contributed by atoms with E-state index in [0.717, 1.165) is 5.69 Å². The second-order valence-electron chi connectivity index (χ2n) is 3.12. The van der Waals surface area contributed by atoms with Crippen LogP contribution in [0.2, 0.25) is 0 Å². The zero-order chi connectivity index (χ0) is 10.8. The predicted molar refractivity (Wildman–Crippen MR) is 53.7 cm³/mol. The molecule has 0 spiro atoms. The fourth-order valence-corrected chi connectivity index (χ4v) is 1.38. The van der Waals surface area contributed by atoms with Crippen molar-refractivity contribution < 1.29 is 9.53 Å². The highest BCUT2D eigenvalue weighted by Gasteiger charge is 2.13. The Bertz CT molecular complexity index is 504. The molecule has 0 saturated heterocycles. The molecule has 0 atom stereocenters. The number of carbonyl (C=O) groups is 1. The molecule has 2 aromatic rings. The molecule has 15 heavy (non-hydrogen) atoms. The Morgan fingerprint density at radius 3 is 3.13 bits per heavy atom. The summed E-state index contributed by atoms with van der Waals surface area (Å²) >= 11 is 0. The van der Waals surface area contributed by atoms with E-state index in [2.05, 4.69) is 10.1 Å². The third kappa shape index (κ3) is 1.68. The van der Waals surface area contributed by atoms with Crippen molar-refractivity contribution in [1.82, 2.24) is 14.6 Å². The number of rotatable bonds is 2. The summed E-state index contributed by atoms with van der Waals surface area (Å²) in [7, 11) is 0. The molecule has 0 aliphatic rings. The van der Waals surface area contributed by atoms with Crippen LogP contribution in [0.25, 0.3) is 5.65 Å². The number of fused-ring (bicyclic) bond motifs is 1. The molecule has 0 N–H and O–H groups in total. The van der Waals surface area contributed by atoms with Gasteiger partial charge >= 0.3 is 5.97 Å². The zero-order valence-corrected chi connectivity index (χ0v) is 8.60. The number of hydrogen-bond acceptors (Lipinski definition) is 4. The summed E-state index contributed by atoms with van der Waals surface area (Å²) in [4.78, 5) is 15.8. The lowest BCUT2D eigenvalue weighted by Crippen LogP contribution is -2.07. The average Bonchev–Trinajstić information content (AvgIpc) is 2.57. The van der Waals surface area contributed by atoms with E-state index in [-0.39, 0.29) is 5.97 Å². The molecule has 5 heteroatoms. The second-order valence-corrected chi connectivity index (χ2v) is 3.12. The molecule has 0 radical (unpaired) electrons. The highest BCUT2D eigenvalue weighted by Crippen LogP contribution is 2.10. The highest BCUT2D eigenvalue weighted by atomic mass is 16.5. The van der Waals surface area contributed by atoms with Gasteiger partial charge in [-0.15, -0.1) is 0 Å². The van der Waals surface area contributed by atoms with Gasteiger partial charge in [0.05, 0.1) is 18.5 Å². The first kappa shape index (κ1) is 9.64. The van der Waals surface area contributed by atoms with Gasteiger partial charge in [0.15, 0.2) is 5.65 Å². The van der Waals surface area contributed by atoms with Crippen LogP contribution in [0.4, 0.5) is 0 Å². The van der Waals surface area contributed by atoms with Gasteiger partial charge in [0, 0.05) is 6.20 Å². The number of nitrogens with zero attached hydrogens (tertiary/aromatic N) is 3. The molecule has 2 rings (SSSR count). The zero-order valence-electron chi connectivity index (χ0n) is 8.60. The van der Waals surface area contributed by atoms with E-state index in [9.17, 15) is 4.79 Å². The van der Waals surface area contributed by atoms with Gasteiger partial charge in [-0.3, -0.25) is 0 Å². The normalized spacial score (nSPS) is 10.5. The number of hydrogen-bond donors (Lipinski definition) is 0. The molecule has 2 aromatic heterocycles. The molecule has 0 unspecified atom stereocenters. The Morgan fingerprint density at radius 2 is 2.40 bits per heavy atom. The van der Waals surface area contributed by atoms with Crippen molar-refractivity contribution in [2.75, 3.05) is 6.61 Å². The van der Waals surface area contributed by atoms with Crippen LogP contribution in [0.5, 0.6) is 0 Å². The predicted octanol–water partition coefficient (Wildman–Crippen LogP) is 1.21. The number of esters is 1. The summed E-state index contributed by atoms with van der Waals surface area (Å²) in [6, 6.07) is 1.61. The Hall–Kier alpha value is -1.91. The van der Waals surface area contributed by atoms with E-state index in [1.54, 1.807) is 29.9 Å². The van der Waals surface area contributed by atoms with Gasteiger partial charge < -0.3 is 4.74 Å². The molecule has 0 saturated carbocycles. The van der Waals surface area contributed by atoms with Crippen molar-refractivity contribution in [3.63, 3.8) is 0 Å². The fourth-order valence-electron chi connectivity index (χ4n) is 1.38. The Kier molecular flexibility index (Phi) is 2.37. The van der Waals surface area contributed by atoms with Crippen molar-refractivity contribution in [2.24, 2.45) is 0 Å². The topological polar surface area (TPSA) is 56.5 Å². The van der Waals surface area contributed by atoms with Crippen LogP contribution < -0.4 is 0 Å². The number of imidazole rings is 1. The maximum Gasteiger partial charge on any atom is 0.342 e. The summed E-state index contributed by atoms with van der Waals surface area (Å²) in [6.45, 7) is 3.98. The van der Waals surface area contributed by atoms with Crippen molar-refractivity contribution in [3.05, 3.63) is 29.7 Å². The van der Waals surface area contributed by atoms with Crippen LogP contribution in [0, 0.1) is 6.92 Å². The Balaban J connectivity index is 2.55. The molecule has 0 aromatic carbocycles. The number of ether oxygens (including phenoxy) is 1. The van der Waals surface area contributed by atoms with E-state index in [1.807, 2.05) is 6.92 Å². The molecule has 0 aliphatic heterocycles. The van der Waals surface area contributed by atoms with Gasteiger partial charge in [-0.2, -0.15) is 5.10 Å². The third-order valence-corrected chi connectivity index (χ3v) is 1.98. The minimum atomic E-state index is -0.365. The minimum Gasteiger partial charge on any atom is -0.462 e. The smallest absolute Gasteiger partial charge is 0.342 e.